The van der Waals surface area contributed by atoms with Gasteiger partial charge < -0.3 is 19.9 Å². The molecule has 1 rings (SSSR count). The van der Waals surface area contributed by atoms with Crippen molar-refractivity contribution in [2.75, 3.05) is 6.61 Å². The van der Waals surface area contributed by atoms with Crippen molar-refractivity contribution in [3.8, 4) is 0 Å². The normalized spacial score (nSPS) is 31.7. The van der Waals surface area contributed by atoms with E-state index in [1.807, 2.05) is 0 Å². The smallest absolute Gasteiger partial charge is 0.303 e. The Morgan fingerprint density at radius 2 is 1.91 bits per heavy atom. The molecule has 2 unspecified atom stereocenters. The quantitative estimate of drug-likeness (QED) is 0.671. The molecule has 0 radical (unpaired) electrons. The fourth-order valence-electron chi connectivity index (χ4n) is 2.92. The summed E-state index contributed by atoms with van der Waals surface area (Å²) >= 11 is 0. The highest BCUT2D eigenvalue weighted by Crippen LogP contribution is 2.32. The molecule has 1 aliphatic rings. The minimum absolute atomic E-state index is 0.0953. The van der Waals surface area contributed by atoms with E-state index in [4.69, 9.17) is 14.6 Å². The van der Waals surface area contributed by atoms with Crippen molar-refractivity contribution in [1.82, 2.24) is 5.32 Å². The number of aliphatic carboxylic acids is 1. The van der Waals surface area contributed by atoms with Crippen molar-refractivity contribution >= 4 is 11.9 Å². The highest BCUT2D eigenvalue weighted by atomic mass is 16.7. The zero-order chi connectivity index (χ0) is 16.7. The van der Waals surface area contributed by atoms with Gasteiger partial charge in [-0.25, -0.2) is 0 Å². The molecule has 22 heavy (non-hydrogen) atoms. The van der Waals surface area contributed by atoms with E-state index in [-0.39, 0.29) is 30.4 Å². The van der Waals surface area contributed by atoms with Crippen LogP contribution in [0.5, 0.6) is 0 Å². The van der Waals surface area contributed by atoms with Crippen LogP contribution in [-0.4, -0.2) is 42.0 Å². The standard InChI is InChI=1S/C16H29NO5/c1-5-13-10(2)11(3)15(17-12(4)18)16(22-13)21-9-7-6-8-14(19)20/h10-11,13,15-16H,5-9H2,1-4H3,(H,17,18)(H,19,20)/t10-,11-,13?,15?,16+/m0/s1. The average Bonchev–Trinajstić information content (AvgIpc) is 2.45. The van der Waals surface area contributed by atoms with Crippen LogP contribution in [0.2, 0.25) is 0 Å². The summed E-state index contributed by atoms with van der Waals surface area (Å²) in [5.41, 5.74) is 0. The van der Waals surface area contributed by atoms with Crippen LogP contribution in [0.15, 0.2) is 0 Å². The fraction of sp³-hybridized carbons (Fsp3) is 0.875. The second kappa shape index (κ2) is 9.10. The van der Waals surface area contributed by atoms with E-state index in [2.05, 4.69) is 26.1 Å². The molecule has 0 aliphatic carbocycles. The van der Waals surface area contributed by atoms with E-state index < -0.39 is 12.3 Å². The monoisotopic (exact) mass is 315 g/mol. The molecule has 1 amide bonds. The van der Waals surface area contributed by atoms with E-state index in [0.717, 1.165) is 6.42 Å². The SMILES string of the molecule is CCC1O[C@@H](OCCCCC(=O)O)C(NC(C)=O)[C@@H](C)[C@@H]1C. The van der Waals surface area contributed by atoms with Gasteiger partial charge in [-0.1, -0.05) is 20.8 Å². The molecule has 5 atom stereocenters. The largest absolute Gasteiger partial charge is 0.481 e. The molecule has 0 aromatic carbocycles. The second-order valence-corrected chi connectivity index (χ2v) is 6.12. The summed E-state index contributed by atoms with van der Waals surface area (Å²) in [6, 6.07) is -0.172. The van der Waals surface area contributed by atoms with Crippen molar-refractivity contribution < 1.29 is 24.2 Å². The lowest BCUT2D eigenvalue weighted by Crippen LogP contribution is -2.57. The predicted octanol–water partition coefficient (Wildman–Crippen LogP) is 2.17. The van der Waals surface area contributed by atoms with Crippen molar-refractivity contribution in [3.05, 3.63) is 0 Å². The molecule has 0 aromatic heterocycles. The van der Waals surface area contributed by atoms with E-state index in [1.54, 1.807) is 0 Å². The van der Waals surface area contributed by atoms with Gasteiger partial charge in [0.05, 0.1) is 12.1 Å². The number of hydrogen-bond donors (Lipinski definition) is 2. The summed E-state index contributed by atoms with van der Waals surface area (Å²) in [5, 5.41) is 11.6. The second-order valence-electron chi connectivity index (χ2n) is 6.12. The van der Waals surface area contributed by atoms with Gasteiger partial charge in [-0.15, -0.1) is 0 Å². The zero-order valence-corrected chi connectivity index (χ0v) is 14.0. The van der Waals surface area contributed by atoms with Crippen LogP contribution in [0, 0.1) is 11.8 Å². The molecular formula is C16H29NO5. The van der Waals surface area contributed by atoms with E-state index in [0.29, 0.717) is 25.4 Å². The van der Waals surface area contributed by atoms with E-state index in [9.17, 15) is 9.59 Å². The first kappa shape index (κ1) is 18.9. The van der Waals surface area contributed by atoms with Gasteiger partial charge in [0, 0.05) is 20.0 Å². The molecular weight excluding hydrogens is 286 g/mol. The Balaban J connectivity index is 2.57. The van der Waals surface area contributed by atoms with E-state index in [1.165, 1.54) is 6.92 Å². The maximum absolute atomic E-state index is 11.4. The van der Waals surface area contributed by atoms with Gasteiger partial charge in [-0.05, 0) is 31.1 Å². The molecule has 128 valence electrons. The highest BCUT2D eigenvalue weighted by Gasteiger charge is 2.41. The molecule has 0 saturated carbocycles. The minimum Gasteiger partial charge on any atom is -0.481 e. The Bertz CT molecular complexity index is 374. The number of carbonyl (C=O) groups is 2. The Morgan fingerprint density at radius 3 is 2.45 bits per heavy atom. The lowest BCUT2D eigenvalue weighted by molar-refractivity contribution is -0.236. The summed E-state index contributed by atoms with van der Waals surface area (Å²) in [6.07, 6.45) is 1.94. The van der Waals surface area contributed by atoms with Crippen molar-refractivity contribution in [2.45, 2.75) is 71.8 Å². The highest BCUT2D eigenvalue weighted by molar-refractivity contribution is 5.73. The third kappa shape index (κ3) is 5.57. The minimum atomic E-state index is -0.793. The van der Waals surface area contributed by atoms with Gasteiger partial charge in [-0.3, -0.25) is 9.59 Å². The lowest BCUT2D eigenvalue weighted by Gasteiger charge is -2.44. The van der Waals surface area contributed by atoms with E-state index >= 15 is 0 Å². The van der Waals surface area contributed by atoms with Crippen LogP contribution < -0.4 is 5.32 Å². The van der Waals surface area contributed by atoms with Gasteiger partial charge in [0.1, 0.15) is 0 Å². The van der Waals surface area contributed by atoms with Crippen molar-refractivity contribution in [2.24, 2.45) is 11.8 Å². The first-order valence-electron chi connectivity index (χ1n) is 8.12. The first-order chi connectivity index (χ1) is 10.4. The number of carboxylic acids is 1. The topological polar surface area (TPSA) is 84.9 Å². The number of carboxylic acid groups (broad SMARTS) is 1. The lowest BCUT2D eigenvalue weighted by atomic mass is 9.81. The molecule has 0 aromatic rings. The van der Waals surface area contributed by atoms with Gasteiger partial charge in [0.2, 0.25) is 5.91 Å². The molecule has 1 saturated heterocycles. The van der Waals surface area contributed by atoms with Crippen LogP contribution in [0.25, 0.3) is 0 Å². The first-order valence-corrected chi connectivity index (χ1v) is 8.12. The molecule has 6 nitrogen and oxygen atoms in total. The maximum Gasteiger partial charge on any atom is 0.303 e. The molecule has 6 heteroatoms. The Hall–Kier alpha value is -1.14. The van der Waals surface area contributed by atoms with Crippen molar-refractivity contribution in [3.63, 3.8) is 0 Å². The number of hydrogen-bond acceptors (Lipinski definition) is 4. The molecule has 0 bridgehead atoms. The Labute approximate surface area is 132 Å². The summed E-state index contributed by atoms with van der Waals surface area (Å²) in [6.45, 7) is 8.25. The van der Waals surface area contributed by atoms with Gasteiger partial charge in [-0.2, -0.15) is 0 Å². The summed E-state index contributed by atoms with van der Waals surface area (Å²) in [7, 11) is 0. The average molecular weight is 315 g/mol. The van der Waals surface area contributed by atoms with Crippen LogP contribution in [0.1, 0.15) is 53.4 Å². The zero-order valence-electron chi connectivity index (χ0n) is 14.0. The Morgan fingerprint density at radius 1 is 1.23 bits per heavy atom. The van der Waals surface area contributed by atoms with Crippen LogP contribution >= 0.6 is 0 Å². The predicted molar refractivity (Wildman–Crippen MR) is 82.3 cm³/mol. The molecule has 1 fully saturated rings. The van der Waals surface area contributed by atoms with Crippen LogP contribution in [0.3, 0.4) is 0 Å². The molecule has 2 N–H and O–H groups in total. The molecule has 0 spiro atoms. The summed E-state index contributed by atoms with van der Waals surface area (Å²) < 4.78 is 11.8. The van der Waals surface area contributed by atoms with Gasteiger partial charge in [0.15, 0.2) is 6.29 Å². The number of ether oxygens (including phenoxy) is 2. The molecule has 1 aliphatic heterocycles. The Kier molecular flexibility index (Phi) is 7.82. The number of unbranched alkanes of at least 4 members (excludes halogenated alkanes) is 1. The van der Waals surface area contributed by atoms with Crippen LogP contribution in [-0.2, 0) is 19.1 Å². The third-order valence-electron chi connectivity index (χ3n) is 4.42. The summed E-state index contributed by atoms with van der Waals surface area (Å²) in [4.78, 5) is 21.9. The summed E-state index contributed by atoms with van der Waals surface area (Å²) in [5.74, 6) is -0.291. The van der Waals surface area contributed by atoms with Crippen LogP contribution in [0.4, 0.5) is 0 Å². The third-order valence-corrected chi connectivity index (χ3v) is 4.42. The fourth-order valence-corrected chi connectivity index (χ4v) is 2.92. The molecule has 1 heterocycles. The van der Waals surface area contributed by atoms with Gasteiger partial charge >= 0.3 is 5.97 Å². The van der Waals surface area contributed by atoms with Crippen molar-refractivity contribution in [1.29, 1.82) is 0 Å². The number of rotatable bonds is 8. The number of nitrogens with one attached hydrogen (secondary N) is 1. The number of carbonyl (C=O) groups excluding carboxylic acids is 1. The maximum atomic E-state index is 11.4. The van der Waals surface area contributed by atoms with Gasteiger partial charge in [0.25, 0.3) is 0 Å². The number of amides is 1.